The molecule has 0 aromatic carbocycles. The minimum atomic E-state index is 0.454. The Morgan fingerprint density at radius 1 is 1.06 bits per heavy atom. The van der Waals surface area contributed by atoms with E-state index in [1.165, 1.54) is 5.01 Å². The molecule has 0 bridgehead atoms. The number of nitrogens with two attached hydrogens (primary N) is 1. The van der Waals surface area contributed by atoms with Crippen LogP contribution in [0.3, 0.4) is 0 Å². The van der Waals surface area contributed by atoms with Gasteiger partial charge in [0.25, 0.3) is 0 Å². The zero-order valence-corrected chi connectivity index (χ0v) is 11.0. The summed E-state index contributed by atoms with van der Waals surface area (Å²) in [5.74, 6) is 7.39. The highest BCUT2D eigenvalue weighted by molar-refractivity contribution is 5.45. The predicted molar refractivity (Wildman–Crippen MR) is 69.8 cm³/mol. The Hall–Kier alpha value is -1.67. The van der Waals surface area contributed by atoms with Crippen molar-refractivity contribution in [1.82, 2.24) is 15.0 Å². The molecule has 8 heteroatoms. The van der Waals surface area contributed by atoms with E-state index in [1.54, 1.807) is 7.05 Å². The van der Waals surface area contributed by atoms with Crippen LogP contribution >= 0.6 is 0 Å². The number of hydrogen-bond acceptors (Lipinski definition) is 8. The SMILES string of the molecule is CN(C)c1nc(N(C)N)nc(N2CCOCC2)n1. The number of rotatable bonds is 3. The van der Waals surface area contributed by atoms with Crippen LogP contribution in [0.1, 0.15) is 0 Å². The molecule has 1 saturated heterocycles. The van der Waals surface area contributed by atoms with Crippen molar-refractivity contribution in [2.45, 2.75) is 0 Å². The van der Waals surface area contributed by atoms with Crippen molar-refractivity contribution in [1.29, 1.82) is 0 Å². The zero-order chi connectivity index (χ0) is 13.1. The van der Waals surface area contributed by atoms with E-state index in [2.05, 4.69) is 19.9 Å². The summed E-state index contributed by atoms with van der Waals surface area (Å²) >= 11 is 0. The van der Waals surface area contributed by atoms with E-state index >= 15 is 0 Å². The lowest BCUT2D eigenvalue weighted by Gasteiger charge is -2.28. The van der Waals surface area contributed by atoms with Gasteiger partial charge >= 0.3 is 0 Å². The van der Waals surface area contributed by atoms with Crippen LogP contribution in [0.4, 0.5) is 17.8 Å². The highest BCUT2D eigenvalue weighted by atomic mass is 16.5. The molecule has 0 spiro atoms. The summed E-state index contributed by atoms with van der Waals surface area (Å²) in [5, 5.41) is 1.39. The molecule has 0 atom stereocenters. The van der Waals surface area contributed by atoms with E-state index in [9.17, 15) is 0 Å². The van der Waals surface area contributed by atoms with Crippen molar-refractivity contribution in [3.63, 3.8) is 0 Å². The Labute approximate surface area is 106 Å². The fourth-order valence-corrected chi connectivity index (χ4v) is 1.61. The molecule has 1 aromatic heterocycles. The number of hydrogen-bond donors (Lipinski definition) is 1. The molecule has 2 heterocycles. The van der Waals surface area contributed by atoms with Crippen LogP contribution in [0, 0.1) is 0 Å². The van der Waals surface area contributed by atoms with Gasteiger partial charge in [0.1, 0.15) is 0 Å². The third kappa shape index (κ3) is 2.77. The number of aromatic nitrogens is 3. The Morgan fingerprint density at radius 2 is 1.67 bits per heavy atom. The molecule has 1 fully saturated rings. The summed E-state index contributed by atoms with van der Waals surface area (Å²) in [4.78, 5) is 17.0. The van der Waals surface area contributed by atoms with E-state index < -0.39 is 0 Å². The molecule has 1 aliphatic heterocycles. The molecular formula is C10H19N7O. The number of hydrazine groups is 1. The topological polar surface area (TPSA) is 83.6 Å². The number of ether oxygens (including phenoxy) is 1. The van der Waals surface area contributed by atoms with Crippen LogP contribution in [0.5, 0.6) is 0 Å². The molecule has 18 heavy (non-hydrogen) atoms. The fraction of sp³-hybridized carbons (Fsp3) is 0.700. The molecule has 1 aliphatic rings. The summed E-state index contributed by atoms with van der Waals surface area (Å²) in [7, 11) is 5.48. The molecule has 0 radical (unpaired) electrons. The summed E-state index contributed by atoms with van der Waals surface area (Å²) in [6.07, 6.45) is 0. The van der Waals surface area contributed by atoms with Crippen LogP contribution < -0.4 is 20.7 Å². The van der Waals surface area contributed by atoms with Crippen molar-refractivity contribution >= 4 is 17.8 Å². The summed E-state index contributed by atoms with van der Waals surface area (Å²) < 4.78 is 5.32. The molecule has 2 rings (SSSR count). The van der Waals surface area contributed by atoms with Crippen LogP contribution in [-0.2, 0) is 4.74 Å². The maximum atomic E-state index is 5.70. The van der Waals surface area contributed by atoms with Gasteiger partial charge in [-0.1, -0.05) is 0 Å². The quantitative estimate of drug-likeness (QED) is 0.547. The van der Waals surface area contributed by atoms with Crippen LogP contribution in [0.25, 0.3) is 0 Å². The average Bonchev–Trinajstić information content (AvgIpc) is 2.39. The van der Waals surface area contributed by atoms with Gasteiger partial charge in [0.2, 0.25) is 17.8 Å². The summed E-state index contributed by atoms with van der Waals surface area (Å²) in [6, 6.07) is 0. The van der Waals surface area contributed by atoms with Crippen LogP contribution in [0.15, 0.2) is 0 Å². The highest BCUT2D eigenvalue weighted by Crippen LogP contribution is 2.16. The van der Waals surface area contributed by atoms with Gasteiger partial charge in [0.05, 0.1) is 13.2 Å². The molecule has 100 valence electrons. The number of anilines is 3. The second-order valence-corrected chi connectivity index (χ2v) is 4.34. The largest absolute Gasteiger partial charge is 0.378 e. The molecule has 0 aliphatic carbocycles. The minimum Gasteiger partial charge on any atom is -0.378 e. The van der Waals surface area contributed by atoms with Crippen molar-refractivity contribution in [2.75, 3.05) is 62.3 Å². The third-order valence-corrected chi connectivity index (χ3v) is 2.61. The van der Waals surface area contributed by atoms with E-state index in [-0.39, 0.29) is 0 Å². The summed E-state index contributed by atoms with van der Waals surface area (Å²) in [5.41, 5.74) is 0. The highest BCUT2D eigenvalue weighted by Gasteiger charge is 2.17. The van der Waals surface area contributed by atoms with Crippen LogP contribution in [0.2, 0.25) is 0 Å². The van der Waals surface area contributed by atoms with Gasteiger partial charge in [-0.05, 0) is 0 Å². The first-order valence-electron chi connectivity index (χ1n) is 5.82. The van der Waals surface area contributed by atoms with Gasteiger partial charge in [-0.2, -0.15) is 15.0 Å². The molecule has 0 unspecified atom stereocenters. The van der Waals surface area contributed by atoms with E-state index in [1.807, 2.05) is 19.0 Å². The lowest BCUT2D eigenvalue weighted by atomic mass is 10.4. The normalized spacial score (nSPS) is 15.7. The third-order valence-electron chi connectivity index (χ3n) is 2.61. The zero-order valence-electron chi connectivity index (χ0n) is 11.0. The first-order valence-corrected chi connectivity index (χ1v) is 5.82. The Morgan fingerprint density at radius 3 is 2.22 bits per heavy atom. The number of nitrogens with zero attached hydrogens (tertiary/aromatic N) is 6. The second-order valence-electron chi connectivity index (χ2n) is 4.34. The van der Waals surface area contributed by atoms with Crippen molar-refractivity contribution in [3.8, 4) is 0 Å². The lowest BCUT2D eigenvalue weighted by molar-refractivity contribution is 0.122. The molecule has 8 nitrogen and oxygen atoms in total. The van der Waals surface area contributed by atoms with E-state index in [4.69, 9.17) is 10.6 Å². The maximum absolute atomic E-state index is 5.70. The van der Waals surface area contributed by atoms with Gasteiger partial charge in [-0.15, -0.1) is 0 Å². The molecule has 0 amide bonds. The molecule has 0 saturated carbocycles. The van der Waals surface area contributed by atoms with Gasteiger partial charge < -0.3 is 14.5 Å². The summed E-state index contributed by atoms with van der Waals surface area (Å²) in [6.45, 7) is 2.95. The maximum Gasteiger partial charge on any atom is 0.246 e. The van der Waals surface area contributed by atoms with Gasteiger partial charge in [0.15, 0.2) is 0 Å². The standard InChI is InChI=1S/C10H19N7O/c1-15(2)8-12-9(16(3)11)14-10(13-8)17-4-6-18-7-5-17/h4-7,11H2,1-3H3. The van der Waals surface area contributed by atoms with E-state index in [0.29, 0.717) is 31.1 Å². The monoisotopic (exact) mass is 253 g/mol. The van der Waals surface area contributed by atoms with Crippen molar-refractivity contribution < 1.29 is 4.74 Å². The smallest absolute Gasteiger partial charge is 0.246 e. The molecule has 2 N–H and O–H groups in total. The fourth-order valence-electron chi connectivity index (χ4n) is 1.61. The van der Waals surface area contributed by atoms with Gasteiger partial charge in [-0.25, -0.2) is 5.84 Å². The number of morpholine rings is 1. The van der Waals surface area contributed by atoms with Crippen molar-refractivity contribution in [2.24, 2.45) is 5.84 Å². The van der Waals surface area contributed by atoms with E-state index in [0.717, 1.165) is 13.1 Å². The first kappa shape index (κ1) is 12.8. The van der Waals surface area contributed by atoms with Gasteiger partial charge in [0, 0.05) is 34.2 Å². The van der Waals surface area contributed by atoms with Gasteiger partial charge in [-0.3, -0.25) is 5.01 Å². The average molecular weight is 253 g/mol. The second kappa shape index (κ2) is 5.32. The Kier molecular flexibility index (Phi) is 3.78. The van der Waals surface area contributed by atoms with Crippen LogP contribution in [-0.4, -0.2) is 62.4 Å². The Bertz CT molecular complexity index is 377. The predicted octanol–water partition coefficient (Wildman–Crippen LogP) is -0.916. The first-order chi connectivity index (χ1) is 8.58. The molecule has 1 aromatic rings. The lowest BCUT2D eigenvalue weighted by Crippen LogP contribution is -2.38. The Balaban J connectivity index is 2.32. The minimum absolute atomic E-state index is 0.454. The van der Waals surface area contributed by atoms with Crippen molar-refractivity contribution in [3.05, 3.63) is 0 Å². The molecular weight excluding hydrogens is 234 g/mol.